The van der Waals surface area contributed by atoms with Crippen molar-refractivity contribution in [2.75, 3.05) is 19.3 Å². The zero-order chi connectivity index (χ0) is 15.2. The number of benzene rings is 1. The number of thioether (sulfide) groups is 1. The molecule has 1 aromatic carbocycles. The number of alkyl halides is 3. The summed E-state index contributed by atoms with van der Waals surface area (Å²) in [7, 11) is -2.12. The minimum atomic E-state index is -4.35. The third-order valence-electron chi connectivity index (χ3n) is 2.29. The average molecular weight is 328 g/mol. The van der Waals surface area contributed by atoms with Crippen LogP contribution >= 0.6 is 11.8 Å². The second kappa shape index (κ2) is 7.30. The van der Waals surface area contributed by atoms with Gasteiger partial charge in [0.25, 0.3) is 0 Å². The molecule has 0 aliphatic carbocycles. The molecule has 0 aromatic heterocycles. The summed E-state index contributed by atoms with van der Waals surface area (Å²) in [6.07, 6.45) is 0. The molecule has 0 radical (unpaired) electrons. The van der Waals surface area contributed by atoms with Gasteiger partial charge in [0, 0.05) is 18.8 Å². The molecule has 1 rings (SSSR count). The lowest BCUT2D eigenvalue weighted by molar-refractivity contribution is -0.0327. The normalized spacial score (nSPS) is 12.6. The van der Waals surface area contributed by atoms with Gasteiger partial charge in [0.2, 0.25) is 10.0 Å². The minimum absolute atomic E-state index is 0.0753. The van der Waals surface area contributed by atoms with Gasteiger partial charge in [-0.25, -0.2) is 13.1 Å². The summed E-state index contributed by atoms with van der Waals surface area (Å²) in [6, 6.07) is 6.34. The minimum Gasteiger partial charge on any atom is -0.316 e. The van der Waals surface area contributed by atoms with Crippen LogP contribution in [0.2, 0.25) is 0 Å². The van der Waals surface area contributed by atoms with Crippen molar-refractivity contribution in [3.63, 3.8) is 0 Å². The zero-order valence-electron chi connectivity index (χ0n) is 10.7. The standard InChI is InChI=1S/C11H15F3N2O2S2/c1-15-8-9-4-2-3-5-10(9)20(17,18)16-6-7-19-11(12,13)14/h2-5,15-16H,6-8H2,1H3. The van der Waals surface area contributed by atoms with Crippen molar-refractivity contribution in [1.29, 1.82) is 0 Å². The van der Waals surface area contributed by atoms with Crippen LogP contribution in [0.3, 0.4) is 0 Å². The van der Waals surface area contributed by atoms with Crippen molar-refractivity contribution >= 4 is 21.8 Å². The lowest BCUT2D eigenvalue weighted by atomic mass is 10.2. The molecule has 0 heterocycles. The Bertz CT molecular complexity index is 533. The first-order valence-corrected chi connectivity index (χ1v) is 8.16. The third-order valence-corrected chi connectivity index (χ3v) is 4.59. The number of hydrogen-bond acceptors (Lipinski definition) is 4. The molecular formula is C11H15F3N2O2S2. The van der Waals surface area contributed by atoms with E-state index in [0.717, 1.165) is 0 Å². The van der Waals surface area contributed by atoms with Gasteiger partial charge < -0.3 is 5.32 Å². The number of halogens is 3. The Kier molecular flexibility index (Phi) is 6.31. The van der Waals surface area contributed by atoms with Gasteiger partial charge in [0.15, 0.2) is 0 Å². The van der Waals surface area contributed by atoms with Gasteiger partial charge in [-0.2, -0.15) is 13.2 Å². The fourth-order valence-corrected chi connectivity index (χ4v) is 3.36. The first-order chi connectivity index (χ1) is 9.26. The number of hydrogen-bond donors (Lipinski definition) is 2. The SMILES string of the molecule is CNCc1ccccc1S(=O)(=O)NCCSC(F)(F)F. The van der Waals surface area contributed by atoms with Crippen LogP contribution in [0, 0.1) is 0 Å². The summed E-state index contributed by atoms with van der Waals surface area (Å²) in [4.78, 5) is 0.0753. The van der Waals surface area contributed by atoms with E-state index in [1.807, 2.05) is 0 Å². The zero-order valence-corrected chi connectivity index (χ0v) is 12.3. The summed E-state index contributed by atoms with van der Waals surface area (Å²) in [5, 5.41) is 2.84. The molecule has 0 spiro atoms. The van der Waals surface area contributed by atoms with Crippen LogP contribution in [0.15, 0.2) is 29.2 Å². The van der Waals surface area contributed by atoms with Crippen LogP contribution in [0.4, 0.5) is 13.2 Å². The fraction of sp³-hybridized carbons (Fsp3) is 0.455. The van der Waals surface area contributed by atoms with E-state index in [1.54, 1.807) is 25.2 Å². The van der Waals surface area contributed by atoms with Gasteiger partial charge >= 0.3 is 5.51 Å². The highest BCUT2D eigenvalue weighted by atomic mass is 32.2. The van der Waals surface area contributed by atoms with Crippen molar-refractivity contribution < 1.29 is 21.6 Å². The lowest BCUT2D eigenvalue weighted by Crippen LogP contribution is -2.28. The molecular weight excluding hydrogens is 313 g/mol. The Morgan fingerprint density at radius 2 is 1.90 bits per heavy atom. The Balaban J connectivity index is 2.69. The summed E-state index contributed by atoms with van der Waals surface area (Å²) >= 11 is -0.255. The predicted octanol–water partition coefficient (Wildman–Crippen LogP) is 1.94. The molecule has 0 saturated heterocycles. The molecule has 0 unspecified atom stereocenters. The molecule has 114 valence electrons. The topological polar surface area (TPSA) is 58.2 Å². The van der Waals surface area contributed by atoms with E-state index in [9.17, 15) is 21.6 Å². The van der Waals surface area contributed by atoms with Crippen LogP contribution in [0.1, 0.15) is 5.56 Å². The van der Waals surface area contributed by atoms with Crippen LogP contribution in [0.5, 0.6) is 0 Å². The van der Waals surface area contributed by atoms with E-state index >= 15 is 0 Å². The summed E-state index contributed by atoms with van der Waals surface area (Å²) < 4.78 is 62.0. The Hall–Kier alpha value is -0.770. The molecule has 0 amide bonds. The smallest absolute Gasteiger partial charge is 0.316 e. The summed E-state index contributed by atoms with van der Waals surface area (Å²) in [6.45, 7) is 0.0782. The highest BCUT2D eigenvalue weighted by Crippen LogP contribution is 2.29. The monoisotopic (exact) mass is 328 g/mol. The van der Waals surface area contributed by atoms with Crippen molar-refractivity contribution in [2.45, 2.75) is 16.9 Å². The lowest BCUT2D eigenvalue weighted by Gasteiger charge is -2.11. The van der Waals surface area contributed by atoms with E-state index in [4.69, 9.17) is 0 Å². The van der Waals surface area contributed by atoms with Crippen molar-refractivity contribution in [3.8, 4) is 0 Å². The van der Waals surface area contributed by atoms with Crippen molar-refractivity contribution in [1.82, 2.24) is 10.0 Å². The van der Waals surface area contributed by atoms with E-state index < -0.39 is 15.5 Å². The molecule has 20 heavy (non-hydrogen) atoms. The van der Waals surface area contributed by atoms with E-state index in [1.165, 1.54) is 6.07 Å². The van der Waals surface area contributed by atoms with Crippen LogP contribution in [0.25, 0.3) is 0 Å². The Labute approximate surface area is 120 Å². The fourth-order valence-electron chi connectivity index (χ4n) is 1.52. The van der Waals surface area contributed by atoms with Crippen LogP contribution in [-0.4, -0.2) is 33.3 Å². The van der Waals surface area contributed by atoms with E-state index in [0.29, 0.717) is 12.1 Å². The third kappa shape index (κ3) is 5.70. The Morgan fingerprint density at radius 3 is 2.50 bits per heavy atom. The maximum Gasteiger partial charge on any atom is 0.441 e. The molecule has 0 aliphatic heterocycles. The molecule has 0 aliphatic rings. The molecule has 0 atom stereocenters. The molecule has 1 aromatic rings. The summed E-state index contributed by atoms with van der Waals surface area (Å²) in [5.74, 6) is -0.364. The number of sulfonamides is 1. The van der Waals surface area contributed by atoms with Gasteiger partial charge in [0.1, 0.15) is 0 Å². The van der Waals surface area contributed by atoms with E-state index in [-0.39, 0.29) is 29.0 Å². The molecule has 2 N–H and O–H groups in total. The maximum absolute atomic E-state index is 12.0. The van der Waals surface area contributed by atoms with Gasteiger partial charge in [-0.05, 0) is 30.4 Å². The predicted molar refractivity (Wildman–Crippen MR) is 72.9 cm³/mol. The second-order valence-corrected chi connectivity index (χ2v) is 6.73. The molecule has 4 nitrogen and oxygen atoms in total. The molecule has 9 heteroatoms. The molecule has 0 saturated carbocycles. The van der Waals surface area contributed by atoms with Gasteiger partial charge in [-0.15, -0.1) is 0 Å². The van der Waals surface area contributed by atoms with Crippen LogP contribution in [-0.2, 0) is 16.6 Å². The first-order valence-electron chi connectivity index (χ1n) is 5.69. The van der Waals surface area contributed by atoms with Crippen LogP contribution < -0.4 is 10.0 Å². The molecule has 0 fully saturated rings. The highest BCUT2D eigenvalue weighted by molar-refractivity contribution is 8.00. The van der Waals surface area contributed by atoms with Crippen molar-refractivity contribution in [2.24, 2.45) is 0 Å². The Morgan fingerprint density at radius 1 is 1.25 bits per heavy atom. The number of nitrogens with one attached hydrogen (secondary N) is 2. The van der Waals surface area contributed by atoms with Gasteiger partial charge in [-0.1, -0.05) is 18.2 Å². The van der Waals surface area contributed by atoms with E-state index in [2.05, 4.69) is 10.0 Å². The van der Waals surface area contributed by atoms with Crippen molar-refractivity contribution in [3.05, 3.63) is 29.8 Å². The highest BCUT2D eigenvalue weighted by Gasteiger charge is 2.28. The largest absolute Gasteiger partial charge is 0.441 e. The second-order valence-electron chi connectivity index (χ2n) is 3.83. The number of rotatable bonds is 7. The maximum atomic E-state index is 12.0. The summed E-state index contributed by atoms with van der Waals surface area (Å²) in [5.41, 5.74) is -3.79. The first kappa shape index (κ1) is 17.3. The quantitative estimate of drug-likeness (QED) is 0.751. The van der Waals surface area contributed by atoms with Gasteiger partial charge in [0.05, 0.1) is 4.90 Å². The average Bonchev–Trinajstić information content (AvgIpc) is 2.35. The molecule has 0 bridgehead atoms. The van der Waals surface area contributed by atoms with Gasteiger partial charge in [-0.3, -0.25) is 0 Å².